The first-order chi connectivity index (χ1) is 17.0. The zero-order valence-electron chi connectivity index (χ0n) is 21.4. The number of fused-ring (bicyclic) bond motifs is 5. The van der Waals surface area contributed by atoms with Crippen LogP contribution in [0.15, 0.2) is 18.2 Å². The van der Waals surface area contributed by atoms with Crippen LogP contribution in [0, 0.1) is 46.8 Å². The quantitative estimate of drug-likeness (QED) is 0.277. The molecule has 8 atom stereocenters. The molecule has 0 bridgehead atoms. The van der Waals surface area contributed by atoms with Crippen molar-refractivity contribution in [1.82, 2.24) is 0 Å². The van der Waals surface area contributed by atoms with Crippen molar-refractivity contribution in [2.45, 2.75) is 78.0 Å². The Morgan fingerprint density at radius 1 is 1.08 bits per heavy atom. The molecule has 4 saturated carbocycles. The number of alkyl halides is 3. The number of ketones is 1. The molecule has 5 rings (SSSR count). The Hall–Kier alpha value is -1.96. The van der Waals surface area contributed by atoms with Crippen molar-refractivity contribution in [2.75, 3.05) is 17.3 Å². The highest BCUT2D eigenvalue weighted by Gasteiger charge is 2.58. The molecular weight excluding hydrogens is 467 g/mol. The normalized spacial score (nSPS) is 38.0. The van der Waals surface area contributed by atoms with E-state index in [1.807, 2.05) is 0 Å². The van der Waals surface area contributed by atoms with Crippen molar-refractivity contribution in [1.29, 1.82) is 0 Å². The molecule has 36 heavy (non-hydrogen) atoms. The number of carbonyl (C=O) groups excluding carboxylic acids is 1. The maximum atomic E-state index is 13.5. The predicted molar refractivity (Wildman–Crippen MR) is 134 cm³/mol. The van der Waals surface area contributed by atoms with Gasteiger partial charge in [0.1, 0.15) is 5.75 Å². The summed E-state index contributed by atoms with van der Waals surface area (Å²) in [5.41, 5.74) is 6.33. The fourth-order valence-corrected chi connectivity index (χ4v) is 8.97. The molecule has 0 heterocycles. The second-order valence-electron chi connectivity index (χ2n) is 12.4. The van der Waals surface area contributed by atoms with Crippen molar-refractivity contribution in [3.63, 3.8) is 0 Å². The van der Waals surface area contributed by atoms with Crippen LogP contribution in [-0.4, -0.2) is 18.7 Å². The molecule has 0 aliphatic heterocycles. The van der Waals surface area contributed by atoms with Crippen LogP contribution >= 0.6 is 0 Å². The van der Waals surface area contributed by atoms with Crippen molar-refractivity contribution in [3.8, 4) is 5.75 Å². The molecule has 8 unspecified atom stereocenters. The molecule has 0 spiro atoms. The van der Waals surface area contributed by atoms with E-state index >= 15 is 0 Å². The molecule has 200 valence electrons. The van der Waals surface area contributed by atoms with Crippen LogP contribution in [0.2, 0.25) is 0 Å². The topological polar surface area (TPSA) is 81.6 Å². The number of anilines is 2. The number of hydrazine groups is 1. The van der Waals surface area contributed by atoms with E-state index in [-0.39, 0.29) is 29.3 Å². The Balaban J connectivity index is 1.25. The van der Waals surface area contributed by atoms with Gasteiger partial charge in [0.2, 0.25) is 0 Å². The lowest BCUT2D eigenvalue weighted by Crippen LogP contribution is -2.50. The van der Waals surface area contributed by atoms with Crippen LogP contribution < -0.4 is 21.3 Å². The Morgan fingerprint density at radius 2 is 1.83 bits per heavy atom. The van der Waals surface area contributed by atoms with E-state index in [1.54, 1.807) is 0 Å². The van der Waals surface area contributed by atoms with E-state index in [4.69, 9.17) is 11.6 Å². The van der Waals surface area contributed by atoms with E-state index in [2.05, 4.69) is 18.6 Å². The number of ether oxygens (including phenoxy) is 1. The number of Topliss-reactive ketones (excluding diaryl/α,β-unsaturated/α-hetero) is 1. The van der Waals surface area contributed by atoms with Gasteiger partial charge in [0.15, 0.2) is 5.78 Å². The van der Waals surface area contributed by atoms with Gasteiger partial charge in [-0.2, -0.15) is 0 Å². The van der Waals surface area contributed by atoms with Crippen LogP contribution in [0.1, 0.15) is 71.6 Å². The third kappa shape index (κ3) is 4.70. The molecular formula is C28H40F3N3O2. The largest absolute Gasteiger partial charge is 0.573 e. The van der Waals surface area contributed by atoms with Crippen LogP contribution in [0.25, 0.3) is 0 Å². The third-order valence-electron chi connectivity index (χ3n) is 10.5. The van der Waals surface area contributed by atoms with Crippen molar-refractivity contribution >= 4 is 17.2 Å². The molecule has 1 aromatic rings. The summed E-state index contributed by atoms with van der Waals surface area (Å²) in [4.78, 5) is 13.5. The van der Waals surface area contributed by atoms with Gasteiger partial charge in [0.25, 0.3) is 0 Å². The van der Waals surface area contributed by atoms with Crippen molar-refractivity contribution in [3.05, 3.63) is 18.2 Å². The van der Waals surface area contributed by atoms with Crippen LogP contribution in [0.3, 0.4) is 0 Å². The van der Waals surface area contributed by atoms with Gasteiger partial charge in [0, 0.05) is 12.0 Å². The molecule has 4 aliphatic rings. The van der Waals surface area contributed by atoms with E-state index in [1.165, 1.54) is 55.7 Å². The Morgan fingerprint density at radius 3 is 2.56 bits per heavy atom. The summed E-state index contributed by atoms with van der Waals surface area (Å²) in [5, 5.41) is 1.27. The van der Waals surface area contributed by atoms with Gasteiger partial charge < -0.3 is 15.5 Å². The maximum absolute atomic E-state index is 13.5. The van der Waals surface area contributed by atoms with E-state index < -0.39 is 12.1 Å². The zero-order valence-corrected chi connectivity index (χ0v) is 21.4. The van der Waals surface area contributed by atoms with Gasteiger partial charge in [-0.05, 0) is 104 Å². The molecule has 8 heteroatoms. The molecule has 1 aromatic carbocycles. The van der Waals surface area contributed by atoms with Crippen LogP contribution in [-0.2, 0) is 4.79 Å². The fraction of sp³-hybridized carbons (Fsp3) is 0.750. The lowest BCUT2D eigenvalue weighted by atomic mass is 9.49. The molecule has 0 radical (unpaired) electrons. The summed E-state index contributed by atoms with van der Waals surface area (Å²) in [7, 11) is 0. The molecule has 4 aliphatic carbocycles. The first-order valence-corrected chi connectivity index (χ1v) is 13.7. The minimum absolute atomic E-state index is 0.00381. The first-order valence-electron chi connectivity index (χ1n) is 13.7. The van der Waals surface area contributed by atoms with Gasteiger partial charge in [-0.1, -0.05) is 20.3 Å². The predicted octanol–water partition coefficient (Wildman–Crippen LogP) is 6.32. The maximum Gasteiger partial charge on any atom is 0.573 e. The second kappa shape index (κ2) is 9.41. The van der Waals surface area contributed by atoms with E-state index in [9.17, 15) is 18.0 Å². The van der Waals surface area contributed by atoms with E-state index in [0.717, 1.165) is 54.9 Å². The van der Waals surface area contributed by atoms with Gasteiger partial charge in [0.05, 0.1) is 17.9 Å². The average molecular weight is 508 g/mol. The summed E-state index contributed by atoms with van der Waals surface area (Å²) in [6.07, 6.45) is 6.36. The number of nitrogen functional groups attached to an aromatic ring is 1. The summed E-state index contributed by atoms with van der Waals surface area (Å²) in [6, 6.07) is 3.63. The van der Waals surface area contributed by atoms with Gasteiger partial charge in [-0.25, -0.2) is 5.84 Å². The Kier molecular flexibility index (Phi) is 6.71. The van der Waals surface area contributed by atoms with E-state index in [0.29, 0.717) is 11.6 Å². The first kappa shape index (κ1) is 25.7. The standard InChI is InChI=1S/C28H40F3N3O2/c1-16-3-6-19-17(13-16)4-7-21-20(19)11-12-27(2)22(21)8-9-23(27)26(35)15-34(33)25-10-5-18(14-24(25)32)36-28(29,30)31/h5,10,14,16-17,19-23H,3-4,6-9,11-13,15,32-33H2,1-2H3. The lowest BCUT2D eigenvalue weighted by molar-refractivity contribution is -0.274. The number of hydrogen-bond donors (Lipinski definition) is 2. The highest BCUT2D eigenvalue weighted by molar-refractivity contribution is 5.87. The van der Waals surface area contributed by atoms with Crippen LogP contribution in [0.5, 0.6) is 5.75 Å². The number of rotatable bonds is 5. The summed E-state index contributed by atoms with van der Waals surface area (Å²) < 4.78 is 41.4. The number of hydrogen-bond acceptors (Lipinski definition) is 5. The monoisotopic (exact) mass is 507 g/mol. The highest BCUT2D eigenvalue weighted by Crippen LogP contribution is 2.64. The Labute approximate surface area is 212 Å². The average Bonchev–Trinajstić information content (AvgIpc) is 3.15. The fourth-order valence-electron chi connectivity index (χ4n) is 8.97. The zero-order chi connectivity index (χ0) is 25.8. The summed E-state index contributed by atoms with van der Waals surface area (Å²) in [6.45, 7) is 4.73. The Bertz CT molecular complexity index is 985. The van der Waals surface area contributed by atoms with Gasteiger partial charge in [-0.15, -0.1) is 13.2 Å². The van der Waals surface area contributed by atoms with Crippen LogP contribution in [0.4, 0.5) is 24.5 Å². The minimum Gasteiger partial charge on any atom is -0.406 e. The van der Waals surface area contributed by atoms with Gasteiger partial charge in [-0.3, -0.25) is 4.79 Å². The smallest absolute Gasteiger partial charge is 0.406 e. The number of nitrogens with zero attached hydrogens (tertiary/aromatic N) is 1. The molecule has 0 saturated heterocycles. The van der Waals surface area contributed by atoms with Crippen molar-refractivity contribution in [2.24, 2.45) is 52.7 Å². The number of carbonyl (C=O) groups is 1. The van der Waals surface area contributed by atoms with Crippen molar-refractivity contribution < 1.29 is 22.7 Å². The molecule has 4 fully saturated rings. The molecule has 4 N–H and O–H groups in total. The summed E-state index contributed by atoms with van der Waals surface area (Å²) in [5.74, 6) is 10.7. The van der Waals surface area contributed by atoms with Gasteiger partial charge >= 0.3 is 6.36 Å². The minimum atomic E-state index is -4.80. The summed E-state index contributed by atoms with van der Waals surface area (Å²) >= 11 is 0. The molecule has 0 aromatic heterocycles. The number of nitrogens with two attached hydrogens (primary N) is 2. The SMILES string of the molecule is CC1CCC2C(CCC3C2CCC2(C)C(C(=O)CN(N)c4ccc(OC(F)(F)F)cc4N)CCC32)C1. The lowest BCUT2D eigenvalue weighted by Gasteiger charge is -2.56. The molecule has 5 nitrogen and oxygen atoms in total. The highest BCUT2D eigenvalue weighted by atomic mass is 19.4. The molecule has 0 amide bonds. The third-order valence-corrected chi connectivity index (χ3v) is 10.5. The second-order valence-corrected chi connectivity index (χ2v) is 12.4. The number of halogens is 3. The number of benzene rings is 1.